The Kier molecular flexibility index (Phi) is 3.36. The fourth-order valence-electron chi connectivity index (χ4n) is 2.41. The number of aromatic nitrogens is 2. The van der Waals surface area contributed by atoms with Crippen LogP contribution in [-0.4, -0.2) is 9.55 Å². The van der Waals surface area contributed by atoms with Crippen molar-refractivity contribution in [2.45, 2.75) is 13.6 Å². The zero-order chi connectivity index (χ0) is 15.9. The zero-order valence-corrected chi connectivity index (χ0v) is 11.8. The number of hydrogen-bond donors (Lipinski definition) is 1. The van der Waals surface area contributed by atoms with Crippen LogP contribution in [0.5, 0.6) is 0 Å². The van der Waals surface area contributed by atoms with Gasteiger partial charge in [-0.25, -0.2) is 13.8 Å². The van der Waals surface area contributed by atoms with Crippen molar-refractivity contribution >= 4 is 16.6 Å². The maximum absolute atomic E-state index is 13.5. The summed E-state index contributed by atoms with van der Waals surface area (Å²) in [7, 11) is 0. The van der Waals surface area contributed by atoms with E-state index in [0.717, 1.165) is 4.57 Å². The number of nitrogens with two attached hydrogens (primary N) is 1. The number of anilines is 1. The number of fused-ring (bicyclic) bond motifs is 1. The minimum Gasteiger partial charge on any atom is -0.399 e. The molecule has 0 spiro atoms. The third-order valence-electron chi connectivity index (χ3n) is 3.49. The number of rotatable bonds is 2. The molecule has 0 saturated carbocycles. The molecule has 0 aliphatic heterocycles. The molecule has 0 atom stereocenters. The van der Waals surface area contributed by atoms with E-state index in [0.29, 0.717) is 16.8 Å². The van der Waals surface area contributed by atoms with Crippen LogP contribution in [0.25, 0.3) is 16.6 Å². The summed E-state index contributed by atoms with van der Waals surface area (Å²) in [4.78, 5) is 16.9. The molecule has 3 rings (SSSR count). The van der Waals surface area contributed by atoms with Crippen LogP contribution >= 0.6 is 0 Å². The molecule has 0 radical (unpaired) electrons. The second kappa shape index (κ2) is 5.22. The summed E-state index contributed by atoms with van der Waals surface area (Å²) in [5.41, 5.74) is 6.90. The Labute approximate surface area is 124 Å². The van der Waals surface area contributed by atoms with Gasteiger partial charge in [0, 0.05) is 5.69 Å². The standard InChI is InChI=1S/C16H13F2N3O/c1-9-2-3-10(18)6-14(9)21-15(8-17)20-13-5-4-11(19)7-12(13)16(21)22/h2-7H,8,19H2,1H3. The van der Waals surface area contributed by atoms with Crippen LogP contribution in [0.4, 0.5) is 14.5 Å². The number of benzene rings is 2. The smallest absolute Gasteiger partial charge is 0.266 e. The number of alkyl halides is 1. The van der Waals surface area contributed by atoms with Gasteiger partial charge in [0.2, 0.25) is 0 Å². The molecule has 4 nitrogen and oxygen atoms in total. The van der Waals surface area contributed by atoms with Crippen molar-refractivity contribution in [1.29, 1.82) is 0 Å². The van der Waals surface area contributed by atoms with Crippen molar-refractivity contribution in [3.8, 4) is 5.69 Å². The van der Waals surface area contributed by atoms with Gasteiger partial charge in [-0.2, -0.15) is 0 Å². The highest BCUT2D eigenvalue weighted by molar-refractivity contribution is 5.81. The van der Waals surface area contributed by atoms with Gasteiger partial charge >= 0.3 is 0 Å². The molecule has 0 aliphatic carbocycles. The molecule has 0 aliphatic rings. The summed E-state index contributed by atoms with van der Waals surface area (Å²) in [6.07, 6.45) is 0. The van der Waals surface area contributed by atoms with Crippen molar-refractivity contribution < 1.29 is 8.78 Å². The molecule has 0 unspecified atom stereocenters. The summed E-state index contributed by atoms with van der Waals surface area (Å²) in [6, 6.07) is 8.64. The molecule has 1 heterocycles. The van der Waals surface area contributed by atoms with Gasteiger partial charge in [-0.3, -0.25) is 9.36 Å². The Hall–Kier alpha value is -2.76. The Balaban J connectivity index is 2.44. The number of nitrogens with zero attached hydrogens (tertiary/aromatic N) is 2. The highest BCUT2D eigenvalue weighted by atomic mass is 19.1. The van der Waals surface area contributed by atoms with Gasteiger partial charge in [0.15, 0.2) is 0 Å². The van der Waals surface area contributed by atoms with Crippen LogP contribution in [0, 0.1) is 12.7 Å². The summed E-state index contributed by atoms with van der Waals surface area (Å²) in [5.74, 6) is -0.582. The Morgan fingerprint density at radius 3 is 2.73 bits per heavy atom. The van der Waals surface area contributed by atoms with Crippen molar-refractivity contribution in [2.75, 3.05) is 5.73 Å². The van der Waals surface area contributed by atoms with E-state index in [1.54, 1.807) is 19.1 Å². The van der Waals surface area contributed by atoms with E-state index in [1.165, 1.54) is 24.3 Å². The van der Waals surface area contributed by atoms with E-state index in [-0.39, 0.29) is 16.9 Å². The zero-order valence-electron chi connectivity index (χ0n) is 11.8. The van der Waals surface area contributed by atoms with Crippen LogP contribution in [0.15, 0.2) is 41.2 Å². The molecule has 0 saturated heterocycles. The molecular formula is C16H13F2N3O. The third kappa shape index (κ3) is 2.22. The second-order valence-electron chi connectivity index (χ2n) is 5.01. The van der Waals surface area contributed by atoms with Crippen LogP contribution < -0.4 is 11.3 Å². The van der Waals surface area contributed by atoms with E-state index < -0.39 is 18.1 Å². The average Bonchev–Trinajstić information content (AvgIpc) is 2.50. The Bertz CT molecular complexity index is 935. The first-order chi connectivity index (χ1) is 10.5. The van der Waals surface area contributed by atoms with Crippen molar-refractivity contribution in [3.05, 3.63) is 64.0 Å². The SMILES string of the molecule is Cc1ccc(F)cc1-n1c(CF)nc2ccc(N)cc2c1=O. The summed E-state index contributed by atoms with van der Waals surface area (Å²) >= 11 is 0. The van der Waals surface area contributed by atoms with Crippen LogP contribution in [0.2, 0.25) is 0 Å². The number of hydrogen-bond acceptors (Lipinski definition) is 3. The van der Waals surface area contributed by atoms with Gasteiger partial charge in [-0.15, -0.1) is 0 Å². The van der Waals surface area contributed by atoms with E-state index in [2.05, 4.69) is 4.98 Å². The highest BCUT2D eigenvalue weighted by Crippen LogP contribution is 2.19. The molecule has 112 valence electrons. The van der Waals surface area contributed by atoms with Gasteiger partial charge in [-0.1, -0.05) is 6.07 Å². The summed E-state index contributed by atoms with van der Waals surface area (Å²) in [6.45, 7) is 0.776. The van der Waals surface area contributed by atoms with Gasteiger partial charge in [0.25, 0.3) is 5.56 Å². The highest BCUT2D eigenvalue weighted by Gasteiger charge is 2.15. The Morgan fingerprint density at radius 2 is 2.00 bits per heavy atom. The summed E-state index contributed by atoms with van der Waals surface area (Å²) < 4.78 is 28.0. The van der Waals surface area contributed by atoms with Crippen LogP contribution in [0.1, 0.15) is 11.4 Å². The predicted octanol–water partition coefficient (Wildman–Crippen LogP) is 2.88. The fourth-order valence-corrected chi connectivity index (χ4v) is 2.41. The van der Waals surface area contributed by atoms with Crippen molar-refractivity contribution in [2.24, 2.45) is 0 Å². The fraction of sp³-hybridized carbons (Fsp3) is 0.125. The third-order valence-corrected chi connectivity index (χ3v) is 3.49. The molecule has 2 N–H and O–H groups in total. The van der Waals surface area contributed by atoms with Gasteiger partial charge < -0.3 is 5.73 Å². The molecule has 3 aromatic rings. The topological polar surface area (TPSA) is 60.9 Å². The molecule has 0 amide bonds. The lowest BCUT2D eigenvalue weighted by atomic mass is 10.1. The first-order valence-corrected chi connectivity index (χ1v) is 6.65. The lowest BCUT2D eigenvalue weighted by Gasteiger charge is -2.14. The Morgan fingerprint density at radius 1 is 1.23 bits per heavy atom. The molecule has 22 heavy (non-hydrogen) atoms. The molecule has 2 aromatic carbocycles. The minimum atomic E-state index is -0.939. The number of aryl methyl sites for hydroxylation is 1. The quantitative estimate of drug-likeness (QED) is 0.740. The maximum Gasteiger partial charge on any atom is 0.266 e. The largest absolute Gasteiger partial charge is 0.399 e. The first-order valence-electron chi connectivity index (χ1n) is 6.65. The molecule has 0 bridgehead atoms. The lowest BCUT2D eigenvalue weighted by Crippen LogP contribution is -2.24. The van der Waals surface area contributed by atoms with E-state index in [4.69, 9.17) is 5.73 Å². The lowest BCUT2D eigenvalue weighted by molar-refractivity contribution is 0.456. The molecule has 1 aromatic heterocycles. The molecule has 0 fully saturated rings. The van der Waals surface area contributed by atoms with Gasteiger partial charge in [-0.05, 0) is 42.8 Å². The monoisotopic (exact) mass is 301 g/mol. The van der Waals surface area contributed by atoms with E-state index in [1.807, 2.05) is 0 Å². The molecule has 6 heteroatoms. The number of nitrogen functional groups attached to an aromatic ring is 1. The van der Waals surface area contributed by atoms with Crippen LogP contribution in [0.3, 0.4) is 0 Å². The second-order valence-corrected chi connectivity index (χ2v) is 5.01. The normalized spacial score (nSPS) is 11.0. The maximum atomic E-state index is 13.5. The van der Waals surface area contributed by atoms with E-state index >= 15 is 0 Å². The van der Waals surface area contributed by atoms with Gasteiger partial charge in [0.05, 0.1) is 16.6 Å². The van der Waals surface area contributed by atoms with E-state index in [9.17, 15) is 13.6 Å². The summed E-state index contributed by atoms with van der Waals surface area (Å²) in [5, 5.41) is 0.265. The van der Waals surface area contributed by atoms with Gasteiger partial charge in [0.1, 0.15) is 18.3 Å². The van der Waals surface area contributed by atoms with Crippen LogP contribution in [-0.2, 0) is 6.67 Å². The van der Waals surface area contributed by atoms with Crippen molar-refractivity contribution in [3.63, 3.8) is 0 Å². The minimum absolute atomic E-state index is 0.0732. The first kappa shape index (κ1) is 14.2. The average molecular weight is 301 g/mol. The van der Waals surface area contributed by atoms with Crippen molar-refractivity contribution in [1.82, 2.24) is 9.55 Å². The molecular weight excluding hydrogens is 288 g/mol. The predicted molar refractivity (Wildman–Crippen MR) is 81.3 cm³/mol. The number of halogens is 2.